The molecular formula is C21H25N7O. The lowest BCUT2D eigenvalue weighted by Gasteiger charge is -2.28. The molecule has 0 saturated heterocycles. The van der Waals surface area contributed by atoms with Gasteiger partial charge in [-0.3, -0.25) is 4.40 Å². The third-order valence-electron chi connectivity index (χ3n) is 6.01. The molecule has 1 saturated carbocycles. The van der Waals surface area contributed by atoms with Gasteiger partial charge in [0, 0.05) is 48.2 Å². The first kappa shape index (κ1) is 17.9. The van der Waals surface area contributed by atoms with Crippen LogP contribution in [0.4, 0.5) is 5.95 Å². The van der Waals surface area contributed by atoms with Crippen LogP contribution in [0.3, 0.4) is 0 Å². The number of methoxy groups -OCH3 is 1. The van der Waals surface area contributed by atoms with E-state index in [1.165, 1.54) is 19.3 Å². The first-order chi connectivity index (χ1) is 14.2. The first-order valence-electron chi connectivity index (χ1n) is 10.2. The van der Waals surface area contributed by atoms with Gasteiger partial charge in [-0.25, -0.2) is 9.97 Å². The summed E-state index contributed by atoms with van der Waals surface area (Å²) in [5.74, 6) is 2.70. The van der Waals surface area contributed by atoms with Crippen LogP contribution < -0.4 is 10.1 Å². The van der Waals surface area contributed by atoms with Crippen LogP contribution in [-0.2, 0) is 0 Å². The molecule has 1 fully saturated rings. The number of hydrogen-bond donors (Lipinski definition) is 2. The molecule has 0 radical (unpaired) electrons. The van der Waals surface area contributed by atoms with Gasteiger partial charge in [0.2, 0.25) is 17.6 Å². The van der Waals surface area contributed by atoms with Crippen molar-refractivity contribution < 1.29 is 4.74 Å². The van der Waals surface area contributed by atoms with Gasteiger partial charge in [0.25, 0.3) is 0 Å². The van der Waals surface area contributed by atoms with Crippen LogP contribution in [0.25, 0.3) is 27.9 Å². The van der Waals surface area contributed by atoms with E-state index in [-0.39, 0.29) is 0 Å². The van der Waals surface area contributed by atoms with Crippen LogP contribution in [0.15, 0.2) is 31.0 Å². The Kier molecular flexibility index (Phi) is 4.54. The molecule has 4 aromatic rings. The van der Waals surface area contributed by atoms with Crippen LogP contribution in [0.1, 0.15) is 39.0 Å². The van der Waals surface area contributed by atoms with Crippen molar-refractivity contribution in [1.29, 1.82) is 0 Å². The molecule has 0 atom stereocenters. The Labute approximate surface area is 168 Å². The predicted molar refractivity (Wildman–Crippen MR) is 112 cm³/mol. The molecule has 4 heterocycles. The summed E-state index contributed by atoms with van der Waals surface area (Å²) in [6, 6.07) is 0.419. The maximum atomic E-state index is 5.63. The monoisotopic (exact) mass is 391 g/mol. The zero-order valence-electron chi connectivity index (χ0n) is 16.7. The Morgan fingerprint density at radius 2 is 2.07 bits per heavy atom. The molecular weight excluding hydrogens is 366 g/mol. The number of aromatic nitrogens is 6. The number of nitrogens with one attached hydrogen (secondary N) is 2. The molecule has 8 heteroatoms. The molecule has 1 aliphatic rings. The molecule has 0 aromatic carbocycles. The lowest BCUT2D eigenvalue weighted by atomic mass is 9.85. The van der Waals surface area contributed by atoms with Crippen LogP contribution in [0.2, 0.25) is 0 Å². The molecule has 1 aliphatic carbocycles. The van der Waals surface area contributed by atoms with Gasteiger partial charge in [0.1, 0.15) is 5.65 Å². The van der Waals surface area contributed by atoms with Crippen molar-refractivity contribution in [3.63, 3.8) is 0 Å². The van der Waals surface area contributed by atoms with E-state index in [9.17, 15) is 0 Å². The molecule has 0 bridgehead atoms. The topological polar surface area (TPSA) is 93.0 Å². The molecule has 29 heavy (non-hydrogen) atoms. The summed E-state index contributed by atoms with van der Waals surface area (Å²) in [4.78, 5) is 21.3. The maximum absolute atomic E-state index is 5.63. The van der Waals surface area contributed by atoms with Gasteiger partial charge >= 0.3 is 0 Å². The maximum Gasteiger partial charge on any atom is 0.233 e. The van der Waals surface area contributed by atoms with Gasteiger partial charge in [-0.2, -0.15) is 9.97 Å². The van der Waals surface area contributed by atoms with Crippen molar-refractivity contribution in [2.24, 2.45) is 5.92 Å². The van der Waals surface area contributed by atoms with E-state index in [2.05, 4.69) is 32.2 Å². The number of anilines is 1. The van der Waals surface area contributed by atoms with Gasteiger partial charge in [-0.05, 0) is 31.6 Å². The van der Waals surface area contributed by atoms with E-state index < -0.39 is 0 Å². The zero-order valence-corrected chi connectivity index (χ0v) is 16.7. The van der Waals surface area contributed by atoms with Crippen molar-refractivity contribution in [3.05, 3.63) is 31.0 Å². The highest BCUT2D eigenvalue weighted by Crippen LogP contribution is 2.35. The average Bonchev–Trinajstić information content (AvgIpc) is 3.40. The molecule has 0 unspecified atom stereocenters. The van der Waals surface area contributed by atoms with E-state index in [1.54, 1.807) is 13.3 Å². The second kappa shape index (κ2) is 7.35. The number of imidazole rings is 1. The van der Waals surface area contributed by atoms with Crippen LogP contribution in [-0.4, -0.2) is 42.5 Å². The highest BCUT2D eigenvalue weighted by molar-refractivity contribution is 5.97. The third-order valence-corrected chi connectivity index (χ3v) is 6.01. The minimum absolute atomic E-state index is 0.419. The number of fused-ring (bicyclic) bond motifs is 2. The Hall–Kier alpha value is -3.16. The Bertz CT molecular complexity index is 1140. The van der Waals surface area contributed by atoms with Gasteiger partial charge in [-0.1, -0.05) is 13.3 Å². The van der Waals surface area contributed by atoms with Crippen molar-refractivity contribution in [2.45, 2.75) is 45.1 Å². The third kappa shape index (κ3) is 3.28. The van der Waals surface area contributed by atoms with E-state index in [0.29, 0.717) is 23.6 Å². The summed E-state index contributed by atoms with van der Waals surface area (Å²) in [7, 11) is 1.64. The quantitative estimate of drug-likeness (QED) is 0.533. The molecule has 0 spiro atoms. The van der Waals surface area contributed by atoms with Gasteiger partial charge in [0.15, 0.2) is 0 Å². The fourth-order valence-corrected chi connectivity index (χ4v) is 4.29. The molecule has 8 nitrogen and oxygen atoms in total. The Balaban J connectivity index is 1.47. The number of ether oxygens (including phenoxy) is 1. The number of rotatable bonds is 5. The van der Waals surface area contributed by atoms with Crippen molar-refractivity contribution in [3.8, 4) is 17.0 Å². The summed E-state index contributed by atoms with van der Waals surface area (Å²) in [5, 5.41) is 4.37. The average molecular weight is 391 g/mol. The first-order valence-corrected chi connectivity index (χ1v) is 10.2. The fraction of sp³-hybridized carbons (Fsp3) is 0.429. The summed E-state index contributed by atoms with van der Waals surface area (Å²) in [6.07, 6.45) is 15.5. The number of hydrogen-bond acceptors (Lipinski definition) is 6. The predicted octanol–water partition coefficient (Wildman–Crippen LogP) is 4.06. The summed E-state index contributed by atoms with van der Waals surface area (Å²) < 4.78 is 7.53. The molecule has 0 amide bonds. The number of H-pyrrole nitrogens is 1. The minimum Gasteiger partial charge on any atom is -0.480 e. The standard InChI is InChI=1S/C21H25N7O/c1-3-13-4-6-15(7-5-13)25-20-26-18-17(19(27-20)29-2)16(11-23-18)14-10-24-21-22-8-9-28(21)12-14/h8-13,15H,3-7H2,1-2H3,(H2,23,25,26,27). The van der Waals surface area contributed by atoms with Gasteiger partial charge in [-0.15, -0.1) is 0 Å². The largest absolute Gasteiger partial charge is 0.480 e. The lowest BCUT2D eigenvalue weighted by Crippen LogP contribution is -2.26. The lowest BCUT2D eigenvalue weighted by molar-refractivity contribution is 0.329. The molecule has 150 valence electrons. The van der Waals surface area contributed by atoms with Crippen molar-refractivity contribution in [1.82, 2.24) is 29.3 Å². The second-order valence-electron chi connectivity index (χ2n) is 7.73. The highest BCUT2D eigenvalue weighted by Gasteiger charge is 2.22. The Morgan fingerprint density at radius 3 is 2.86 bits per heavy atom. The minimum atomic E-state index is 0.419. The molecule has 0 aliphatic heterocycles. The van der Waals surface area contributed by atoms with Crippen LogP contribution in [0, 0.1) is 5.92 Å². The SMILES string of the molecule is CCC1CCC(Nc2nc(OC)c3c(-c4cnc5nccn5c4)c[nH]c3n2)CC1. The van der Waals surface area contributed by atoms with Crippen molar-refractivity contribution in [2.75, 3.05) is 12.4 Å². The van der Waals surface area contributed by atoms with E-state index >= 15 is 0 Å². The van der Waals surface area contributed by atoms with Gasteiger partial charge in [0.05, 0.1) is 12.5 Å². The van der Waals surface area contributed by atoms with Crippen LogP contribution in [0.5, 0.6) is 5.88 Å². The van der Waals surface area contributed by atoms with Crippen LogP contribution >= 0.6 is 0 Å². The zero-order chi connectivity index (χ0) is 19.8. The summed E-state index contributed by atoms with van der Waals surface area (Å²) in [6.45, 7) is 2.28. The summed E-state index contributed by atoms with van der Waals surface area (Å²) >= 11 is 0. The normalized spacial score (nSPS) is 19.7. The summed E-state index contributed by atoms with van der Waals surface area (Å²) in [5.41, 5.74) is 2.65. The van der Waals surface area contributed by atoms with E-state index in [4.69, 9.17) is 9.72 Å². The Morgan fingerprint density at radius 1 is 1.21 bits per heavy atom. The van der Waals surface area contributed by atoms with Gasteiger partial charge < -0.3 is 15.0 Å². The van der Waals surface area contributed by atoms with E-state index in [1.807, 2.05) is 29.2 Å². The smallest absolute Gasteiger partial charge is 0.233 e. The molecule has 4 aromatic heterocycles. The second-order valence-corrected chi connectivity index (χ2v) is 7.73. The molecule has 2 N–H and O–H groups in total. The number of aromatic amines is 1. The van der Waals surface area contributed by atoms with E-state index in [0.717, 1.165) is 40.9 Å². The fourth-order valence-electron chi connectivity index (χ4n) is 4.29. The molecule has 5 rings (SSSR count). The number of nitrogens with zero attached hydrogens (tertiary/aromatic N) is 5. The van der Waals surface area contributed by atoms with Crippen molar-refractivity contribution >= 4 is 22.8 Å². The highest BCUT2D eigenvalue weighted by atomic mass is 16.5.